The zero-order chi connectivity index (χ0) is 9.97. The summed E-state index contributed by atoms with van der Waals surface area (Å²) in [5.74, 6) is 0.650. The molecule has 0 unspecified atom stereocenters. The first kappa shape index (κ1) is 12.1. The topological polar surface area (TPSA) is 67.2 Å². The number of amidine groups is 1. The van der Waals surface area contributed by atoms with Gasteiger partial charge in [0.25, 0.3) is 0 Å². The molecule has 2 heterocycles. The van der Waals surface area contributed by atoms with Crippen LogP contribution in [0.25, 0.3) is 5.65 Å². The number of pyridine rings is 1. The molecule has 0 spiro atoms. The first-order valence-electron chi connectivity index (χ1n) is 4.15. The van der Waals surface area contributed by atoms with E-state index < -0.39 is 0 Å². The highest BCUT2D eigenvalue weighted by molar-refractivity contribution is 8.93. The van der Waals surface area contributed by atoms with Crippen LogP contribution < -0.4 is 5.73 Å². The van der Waals surface area contributed by atoms with Gasteiger partial charge in [0.05, 0.1) is 5.69 Å². The molecule has 2 rings (SSSR count). The van der Waals surface area contributed by atoms with Crippen molar-refractivity contribution in [1.82, 2.24) is 9.38 Å². The van der Waals surface area contributed by atoms with Gasteiger partial charge in [0.1, 0.15) is 5.65 Å². The Bertz CT molecular complexity index is 435. The summed E-state index contributed by atoms with van der Waals surface area (Å²) in [5.41, 5.74) is 7.11. The Morgan fingerprint density at radius 2 is 2.33 bits per heavy atom. The van der Waals surface area contributed by atoms with E-state index in [2.05, 4.69) is 4.98 Å². The van der Waals surface area contributed by atoms with Gasteiger partial charge in [-0.2, -0.15) is 0 Å². The second kappa shape index (κ2) is 5.18. The summed E-state index contributed by atoms with van der Waals surface area (Å²) in [4.78, 5) is 4.37. The van der Waals surface area contributed by atoms with Gasteiger partial charge in [0.2, 0.25) is 0 Å². The van der Waals surface area contributed by atoms with Gasteiger partial charge in [-0.05, 0) is 12.1 Å². The Morgan fingerprint density at radius 3 is 3.00 bits per heavy atom. The number of hydrogen-bond donors (Lipinski definition) is 2. The molecule has 0 aliphatic carbocycles. The van der Waals surface area contributed by atoms with E-state index in [1.54, 1.807) is 0 Å². The molecule has 6 heteroatoms. The Labute approximate surface area is 102 Å². The maximum absolute atomic E-state index is 7.08. The minimum absolute atomic E-state index is 0. The van der Waals surface area contributed by atoms with Crippen molar-refractivity contribution in [3.63, 3.8) is 0 Å². The molecular formula is C9H11BrN4S. The van der Waals surface area contributed by atoms with Crippen molar-refractivity contribution in [2.45, 2.75) is 5.75 Å². The minimum Gasteiger partial charge on any atom is -0.379 e. The predicted octanol–water partition coefficient (Wildman–Crippen LogP) is 2.04. The molecule has 0 radical (unpaired) electrons. The molecule has 4 nitrogen and oxygen atoms in total. The highest BCUT2D eigenvalue weighted by atomic mass is 79.9. The number of hydrogen-bond acceptors (Lipinski definition) is 3. The van der Waals surface area contributed by atoms with Crippen molar-refractivity contribution in [3.8, 4) is 0 Å². The second-order valence-corrected chi connectivity index (χ2v) is 3.87. The first-order valence-corrected chi connectivity index (χ1v) is 5.14. The summed E-state index contributed by atoms with van der Waals surface area (Å²) < 4.78 is 1.95. The van der Waals surface area contributed by atoms with Crippen LogP contribution in [-0.4, -0.2) is 14.6 Å². The monoisotopic (exact) mass is 286 g/mol. The van der Waals surface area contributed by atoms with Crippen LogP contribution in [0.3, 0.4) is 0 Å². The molecule has 0 aliphatic rings. The third-order valence-electron chi connectivity index (χ3n) is 1.79. The number of rotatable bonds is 2. The zero-order valence-electron chi connectivity index (χ0n) is 7.88. The fraction of sp³-hybridized carbons (Fsp3) is 0.111. The van der Waals surface area contributed by atoms with Gasteiger partial charge < -0.3 is 10.1 Å². The number of aromatic nitrogens is 2. The standard InChI is InChI=1S/C9H10N4S.BrH/c10-9(11)14-6-7-5-13-4-2-1-3-8(13)12-7;/h1-5H,6H2,(H3,10,11);1H. The van der Waals surface area contributed by atoms with Crippen LogP contribution in [0, 0.1) is 5.41 Å². The summed E-state index contributed by atoms with van der Waals surface area (Å²) >= 11 is 1.28. The number of nitrogens with two attached hydrogens (primary N) is 1. The zero-order valence-corrected chi connectivity index (χ0v) is 10.4. The summed E-state index contributed by atoms with van der Waals surface area (Å²) in [6.07, 6.45) is 3.90. The maximum atomic E-state index is 7.08. The fourth-order valence-corrected chi connectivity index (χ4v) is 1.65. The van der Waals surface area contributed by atoms with Gasteiger partial charge in [-0.25, -0.2) is 4.98 Å². The number of halogens is 1. The molecule has 2 aromatic rings. The van der Waals surface area contributed by atoms with Gasteiger partial charge in [-0.1, -0.05) is 17.8 Å². The number of nitrogens with one attached hydrogen (secondary N) is 1. The summed E-state index contributed by atoms with van der Waals surface area (Å²) in [6, 6.07) is 5.85. The minimum atomic E-state index is 0. The fourth-order valence-electron chi connectivity index (χ4n) is 1.21. The number of thioether (sulfide) groups is 1. The SMILES string of the molecule is Br.N=C(N)SCc1cn2ccccc2n1. The van der Waals surface area contributed by atoms with Crippen molar-refractivity contribution in [2.24, 2.45) is 5.73 Å². The molecular weight excluding hydrogens is 276 g/mol. The van der Waals surface area contributed by atoms with E-state index in [-0.39, 0.29) is 22.1 Å². The smallest absolute Gasteiger partial charge is 0.151 e. The molecule has 80 valence electrons. The van der Waals surface area contributed by atoms with Gasteiger partial charge >= 0.3 is 0 Å². The Hall–Kier alpha value is -1.01. The van der Waals surface area contributed by atoms with Gasteiger partial charge in [0, 0.05) is 18.1 Å². The summed E-state index contributed by atoms with van der Waals surface area (Å²) in [5, 5.41) is 7.21. The van der Waals surface area contributed by atoms with E-state index in [4.69, 9.17) is 11.1 Å². The maximum Gasteiger partial charge on any atom is 0.151 e. The number of imidazole rings is 1. The van der Waals surface area contributed by atoms with Crippen LogP contribution >= 0.6 is 28.7 Å². The molecule has 3 N–H and O–H groups in total. The molecule has 0 bridgehead atoms. The van der Waals surface area contributed by atoms with Gasteiger partial charge in [0.15, 0.2) is 5.17 Å². The second-order valence-electron chi connectivity index (χ2n) is 2.85. The van der Waals surface area contributed by atoms with Crippen LogP contribution in [0.2, 0.25) is 0 Å². The van der Waals surface area contributed by atoms with Crippen LogP contribution in [0.5, 0.6) is 0 Å². The third kappa shape index (κ3) is 2.97. The van der Waals surface area contributed by atoms with Crippen LogP contribution in [0.4, 0.5) is 0 Å². The third-order valence-corrected chi connectivity index (χ3v) is 2.54. The average molecular weight is 287 g/mol. The molecule has 0 fully saturated rings. The van der Waals surface area contributed by atoms with Crippen molar-refractivity contribution in [1.29, 1.82) is 5.41 Å². The molecule has 0 atom stereocenters. The highest BCUT2D eigenvalue weighted by Gasteiger charge is 2.01. The lowest BCUT2D eigenvalue weighted by Gasteiger charge is -1.92. The van der Waals surface area contributed by atoms with E-state index in [1.165, 1.54) is 11.8 Å². The molecule has 0 aliphatic heterocycles. The van der Waals surface area contributed by atoms with E-state index in [0.717, 1.165) is 11.3 Å². The Balaban J connectivity index is 0.00000112. The van der Waals surface area contributed by atoms with Crippen LogP contribution in [-0.2, 0) is 5.75 Å². The normalized spacial score (nSPS) is 9.87. The number of fused-ring (bicyclic) bond motifs is 1. The quantitative estimate of drug-likeness (QED) is 0.656. The van der Waals surface area contributed by atoms with Crippen molar-refractivity contribution < 1.29 is 0 Å². The van der Waals surface area contributed by atoms with Gasteiger partial charge in [-0.3, -0.25) is 5.41 Å². The molecule has 2 aromatic heterocycles. The van der Waals surface area contributed by atoms with Crippen LogP contribution in [0.15, 0.2) is 30.6 Å². The lowest BCUT2D eigenvalue weighted by atomic mass is 10.5. The van der Waals surface area contributed by atoms with Crippen molar-refractivity contribution in [2.75, 3.05) is 0 Å². The van der Waals surface area contributed by atoms with E-state index >= 15 is 0 Å². The molecule has 0 amide bonds. The summed E-state index contributed by atoms with van der Waals surface area (Å²) in [6.45, 7) is 0. The van der Waals surface area contributed by atoms with E-state index in [0.29, 0.717) is 5.75 Å². The highest BCUT2D eigenvalue weighted by Crippen LogP contribution is 2.11. The lowest BCUT2D eigenvalue weighted by Crippen LogP contribution is -2.03. The summed E-state index contributed by atoms with van der Waals surface area (Å²) in [7, 11) is 0. The average Bonchev–Trinajstić information content (AvgIpc) is 2.57. The number of nitrogens with zero attached hydrogens (tertiary/aromatic N) is 2. The molecule has 15 heavy (non-hydrogen) atoms. The van der Waals surface area contributed by atoms with Crippen LogP contribution in [0.1, 0.15) is 5.69 Å². The van der Waals surface area contributed by atoms with E-state index in [9.17, 15) is 0 Å². The first-order chi connectivity index (χ1) is 6.75. The molecule has 0 saturated heterocycles. The van der Waals surface area contributed by atoms with Gasteiger partial charge in [-0.15, -0.1) is 17.0 Å². The molecule has 0 aromatic carbocycles. The Morgan fingerprint density at radius 1 is 1.53 bits per heavy atom. The Kier molecular flexibility index (Phi) is 4.16. The lowest BCUT2D eigenvalue weighted by molar-refractivity contribution is 1.18. The predicted molar refractivity (Wildman–Crippen MR) is 68.7 cm³/mol. The largest absolute Gasteiger partial charge is 0.379 e. The van der Waals surface area contributed by atoms with Crippen molar-refractivity contribution in [3.05, 3.63) is 36.3 Å². The van der Waals surface area contributed by atoms with E-state index in [1.807, 2.05) is 35.0 Å². The molecule has 0 saturated carbocycles. The van der Waals surface area contributed by atoms with Crippen molar-refractivity contribution >= 4 is 39.6 Å².